The number of ether oxygens (including phenoxy) is 2. The highest BCUT2D eigenvalue weighted by Gasteiger charge is 2.30. The lowest BCUT2D eigenvalue weighted by Gasteiger charge is -2.16. The SMILES string of the molecule is COC(=O)c1ccc(C(C)NC(=O)c2c(C(F)F)nn(C)c2Oc2ccc(F)c(C(C)O)c2)cc1. The van der Waals surface area contributed by atoms with Gasteiger partial charge in [0.25, 0.3) is 12.3 Å². The predicted octanol–water partition coefficient (Wildman–Crippen LogP) is 4.62. The second-order valence-corrected chi connectivity index (χ2v) is 7.76. The summed E-state index contributed by atoms with van der Waals surface area (Å²) in [5.74, 6) is -2.33. The summed E-state index contributed by atoms with van der Waals surface area (Å²) >= 11 is 0. The highest BCUT2D eigenvalue weighted by molar-refractivity contribution is 5.98. The summed E-state index contributed by atoms with van der Waals surface area (Å²) in [5.41, 5.74) is -0.409. The Balaban J connectivity index is 1.91. The number of nitrogens with zero attached hydrogens (tertiary/aromatic N) is 2. The fourth-order valence-electron chi connectivity index (χ4n) is 3.41. The number of amides is 1. The zero-order valence-electron chi connectivity index (χ0n) is 19.4. The largest absolute Gasteiger partial charge is 0.465 e. The number of aliphatic hydroxyl groups is 1. The number of aryl methyl sites for hydroxylation is 1. The Morgan fingerprint density at radius 3 is 2.34 bits per heavy atom. The van der Waals surface area contributed by atoms with Crippen molar-refractivity contribution in [3.63, 3.8) is 0 Å². The Morgan fingerprint density at radius 2 is 1.77 bits per heavy atom. The van der Waals surface area contributed by atoms with Crippen LogP contribution < -0.4 is 10.1 Å². The fourth-order valence-corrected chi connectivity index (χ4v) is 3.41. The Labute approximate surface area is 199 Å². The van der Waals surface area contributed by atoms with E-state index in [1.54, 1.807) is 19.1 Å². The molecule has 2 unspecified atom stereocenters. The predicted molar refractivity (Wildman–Crippen MR) is 119 cm³/mol. The minimum atomic E-state index is -3.07. The quantitative estimate of drug-likeness (QED) is 0.446. The first-order valence-electron chi connectivity index (χ1n) is 10.5. The van der Waals surface area contributed by atoms with Gasteiger partial charge in [-0.25, -0.2) is 22.6 Å². The molecule has 0 spiro atoms. The number of methoxy groups -OCH3 is 1. The molecule has 186 valence electrons. The number of hydrogen-bond acceptors (Lipinski definition) is 6. The maximum absolute atomic E-state index is 13.9. The molecule has 2 aromatic carbocycles. The van der Waals surface area contributed by atoms with Gasteiger partial charge < -0.3 is 19.9 Å². The molecule has 3 aromatic rings. The average molecular weight is 491 g/mol. The topological polar surface area (TPSA) is 103 Å². The van der Waals surface area contributed by atoms with E-state index in [1.165, 1.54) is 45.3 Å². The number of esters is 1. The van der Waals surface area contributed by atoms with Crippen LogP contribution in [0.5, 0.6) is 11.6 Å². The van der Waals surface area contributed by atoms with Crippen molar-refractivity contribution in [2.75, 3.05) is 7.11 Å². The van der Waals surface area contributed by atoms with E-state index >= 15 is 0 Å². The lowest BCUT2D eigenvalue weighted by molar-refractivity contribution is 0.0600. The number of carbonyl (C=O) groups excluding carboxylic acids is 2. The first-order chi connectivity index (χ1) is 16.5. The maximum atomic E-state index is 13.9. The molecule has 0 aliphatic rings. The van der Waals surface area contributed by atoms with Gasteiger partial charge in [-0.05, 0) is 49.7 Å². The molecule has 2 N–H and O–H groups in total. The van der Waals surface area contributed by atoms with Crippen LogP contribution in [0.2, 0.25) is 0 Å². The van der Waals surface area contributed by atoms with E-state index in [0.717, 1.165) is 10.7 Å². The van der Waals surface area contributed by atoms with Crippen molar-refractivity contribution in [2.24, 2.45) is 7.05 Å². The first-order valence-corrected chi connectivity index (χ1v) is 10.5. The minimum absolute atomic E-state index is 0.0200. The van der Waals surface area contributed by atoms with Crippen molar-refractivity contribution in [1.82, 2.24) is 15.1 Å². The normalized spacial score (nSPS) is 12.8. The molecule has 1 heterocycles. The molecule has 0 saturated carbocycles. The molecule has 1 aromatic heterocycles. The first kappa shape index (κ1) is 25.8. The Hall–Kier alpha value is -3.86. The number of carbonyl (C=O) groups is 2. The van der Waals surface area contributed by atoms with Crippen LogP contribution in [0.25, 0.3) is 0 Å². The van der Waals surface area contributed by atoms with Crippen LogP contribution in [-0.4, -0.2) is 33.9 Å². The van der Waals surface area contributed by atoms with E-state index in [1.807, 2.05) is 0 Å². The third-order valence-corrected chi connectivity index (χ3v) is 5.27. The van der Waals surface area contributed by atoms with Crippen molar-refractivity contribution < 1.29 is 37.3 Å². The van der Waals surface area contributed by atoms with Gasteiger partial charge in [-0.15, -0.1) is 0 Å². The van der Waals surface area contributed by atoms with Gasteiger partial charge >= 0.3 is 5.97 Å². The zero-order chi connectivity index (χ0) is 25.9. The summed E-state index contributed by atoms with van der Waals surface area (Å²) in [6.07, 6.45) is -4.22. The van der Waals surface area contributed by atoms with Gasteiger partial charge in [0.05, 0.1) is 24.8 Å². The van der Waals surface area contributed by atoms with Crippen LogP contribution in [0.15, 0.2) is 42.5 Å². The van der Waals surface area contributed by atoms with E-state index in [0.29, 0.717) is 11.1 Å². The third kappa shape index (κ3) is 5.62. The summed E-state index contributed by atoms with van der Waals surface area (Å²) in [6.45, 7) is 3.00. The van der Waals surface area contributed by atoms with Crippen LogP contribution >= 0.6 is 0 Å². The monoisotopic (exact) mass is 491 g/mol. The number of aromatic nitrogens is 2. The highest BCUT2D eigenvalue weighted by Crippen LogP contribution is 2.34. The highest BCUT2D eigenvalue weighted by atomic mass is 19.3. The van der Waals surface area contributed by atoms with Crippen LogP contribution in [0.4, 0.5) is 13.2 Å². The van der Waals surface area contributed by atoms with E-state index < -0.39 is 47.5 Å². The Morgan fingerprint density at radius 1 is 1.11 bits per heavy atom. The molecule has 11 heteroatoms. The zero-order valence-corrected chi connectivity index (χ0v) is 19.4. The molecule has 0 aliphatic carbocycles. The van der Waals surface area contributed by atoms with Crippen molar-refractivity contribution in [3.05, 3.63) is 76.2 Å². The molecular weight excluding hydrogens is 467 g/mol. The van der Waals surface area contributed by atoms with Gasteiger partial charge in [0, 0.05) is 12.6 Å². The lowest BCUT2D eigenvalue weighted by Crippen LogP contribution is -2.27. The number of halogens is 3. The van der Waals surface area contributed by atoms with Crippen molar-refractivity contribution in [1.29, 1.82) is 0 Å². The van der Waals surface area contributed by atoms with Gasteiger partial charge in [-0.3, -0.25) is 4.79 Å². The Kier molecular flexibility index (Phi) is 7.80. The molecule has 0 bridgehead atoms. The number of benzene rings is 2. The van der Waals surface area contributed by atoms with Gasteiger partial charge in [0.1, 0.15) is 22.8 Å². The molecular formula is C24H24F3N3O5. The average Bonchev–Trinajstić information content (AvgIpc) is 3.15. The Bertz CT molecular complexity index is 1230. The molecule has 35 heavy (non-hydrogen) atoms. The summed E-state index contributed by atoms with van der Waals surface area (Å²) in [6, 6.07) is 9.11. The lowest BCUT2D eigenvalue weighted by atomic mass is 10.1. The number of rotatable bonds is 8. The number of aliphatic hydroxyl groups excluding tert-OH is 1. The van der Waals surface area contributed by atoms with Gasteiger partial charge in [-0.2, -0.15) is 5.10 Å². The van der Waals surface area contributed by atoms with E-state index in [2.05, 4.69) is 15.2 Å². The smallest absolute Gasteiger partial charge is 0.337 e. The summed E-state index contributed by atoms with van der Waals surface area (Å²) in [7, 11) is 2.58. The molecule has 1 amide bonds. The molecule has 0 fully saturated rings. The summed E-state index contributed by atoms with van der Waals surface area (Å²) in [4.78, 5) is 24.7. The second-order valence-electron chi connectivity index (χ2n) is 7.76. The molecule has 0 radical (unpaired) electrons. The fraction of sp³-hybridized carbons (Fsp3) is 0.292. The third-order valence-electron chi connectivity index (χ3n) is 5.27. The van der Waals surface area contributed by atoms with E-state index in [-0.39, 0.29) is 17.2 Å². The number of nitrogens with one attached hydrogen (secondary N) is 1. The van der Waals surface area contributed by atoms with Crippen LogP contribution in [-0.2, 0) is 11.8 Å². The summed E-state index contributed by atoms with van der Waals surface area (Å²) < 4.78 is 52.7. The van der Waals surface area contributed by atoms with Crippen molar-refractivity contribution >= 4 is 11.9 Å². The second kappa shape index (κ2) is 10.6. The number of alkyl halides is 2. The minimum Gasteiger partial charge on any atom is -0.465 e. The van der Waals surface area contributed by atoms with E-state index in [4.69, 9.17) is 4.74 Å². The van der Waals surface area contributed by atoms with Gasteiger partial charge in [-0.1, -0.05) is 12.1 Å². The molecule has 2 atom stereocenters. The van der Waals surface area contributed by atoms with E-state index in [9.17, 15) is 27.9 Å². The standard InChI is InChI=1S/C24H24F3N3O5/c1-12(14-5-7-15(8-6-14)24(33)34-4)28-22(32)19-20(21(26)27)29-30(3)23(19)35-16-9-10-18(25)17(11-16)13(2)31/h5-13,21,31H,1-4H3,(H,28,32). The molecule has 0 saturated heterocycles. The maximum Gasteiger partial charge on any atom is 0.337 e. The van der Waals surface area contributed by atoms with Crippen molar-refractivity contribution in [2.45, 2.75) is 32.4 Å². The van der Waals surface area contributed by atoms with Crippen LogP contribution in [0.3, 0.4) is 0 Å². The molecule has 3 rings (SSSR count). The summed E-state index contributed by atoms with van der Waals surface area (Å²) in [5, 5.41) is 16.1. The van der Waals surface area contributed by atoms with Gasteiger partial charge in [0.2, 0.25) is 5.88 Å². The van der Waals surface area contributed by atoms with Crippen molar-refractivity contribution in [3.8, 4) is 11.6 Å². The molecule has 8 nitrogen and oxygen atoms in total. The van der Waals surface area contributed by atoms with Crippen LogP contribution in [0, 0.1) is 5.82 Å². The molecule has 0 aliphatic heterocycles. The van der Waals surface area contributed by atoms with Gasteiger partial charge in [0.15, 0.2) is 0 Å². The number of hydrogen-bond donors (Lipinski definition) is 2. The van der Waals surface area contributed by atoms with Crippen LogP contribution in [0.1, 0.15) is 70.0 Å².